The van der Waals surface area contributed by atoms with Gasteiger partial charge < -0.3 is 20.3 Å². The summed E-state index contributed by atoms with van der Waals surface area (Å²) in [6.07, 6.45) is -0.0816. The number of hydrogen-bond donors (Lipinski definition) is 3. The maximum Gasteiger partial charge on any atom is 0.302 e. The highest BCUT2D eigenvalue weighted by Crippen LogP contribution is 2.32. The number of hydrogen-bond acceptors (Lipinski definition) is 8. The lowest BCUT2D eigenvalue weighted by Gasteiger charge is -2.15. The Bertz CT molecular complexity index is 769. The monoisotopic (exact) mass is 309 g/mol. The number of aliphatic hydroxyl groups excluding tert-OH is 1. The molecule has 1 aliphatic heterocycles. The van der Waals surface area contributed by atoms with E-state index in [0.29, 0.717) is 6.42 Å². The number of ether oxygens (including phenoxy) is 2. The van der Waals surface area contributed by atoms with Crippen molar-refractivity contribution < 1.29 is 19.4 Å². The first kappa shape index (κ1) is 14.5. The molecule has 0 aromatic carbocycles. The van der Waals surface area contributed by atoms with E-state index in [-0.39, 0.29) is 23.7 Å². The molecule has 4 N–H and O–H groups in total. The molecular formula is C12H15N5O5. The van der Waals surface area contributed by atoms with Gasteiger partial charge >= 0.3 is 5.97 Å². The van der Waals surface area contributed by atoms with Gasteiger partial charge in [0.25, 0.3) is 5.56 Å². The number of fused-ring (bicyclic) bond motifs is 1. The average Bonchev–Trinajstić information content (AvgIpc) is 3.01. The van der Waals surface area contributed by atoms with Crippen molar-refractivity contribution >= 4 is 23.1 Å². The molecule has 2 aromatic rings. The van der Waals surface area contributed by atoms with Crippen molar-refractivity contribution in [1.82, 2.24) is 19.5 Å². The number of nitrogen functional groups attached to an aromatic ring is 1. The molecule has 1 saturated heterocycles. The van der Waals surface area contributed by atoms with Crippen LogP contribution < -0.4 is 11.3 Å². The molecular weight excluding hydrogens is 294 g/mol. The highest BCUT2D eigenvalue weighted by Gasteiger charge is 2.38. The van der Waals surface area contributed by atoms with Crippen LogP contribution in [-0.2, 0) is 14.3 Å². The summed E-state index contributed by atoms with van der Waals surface area (Å²) in [7, 11) is 0. The molecule has 3 rings (SSSR count). The third kappa shape index (κ3) is 2.42. The molecule has 1 fully saturated rings. The molecule has 3 heterocycles. The summed E-state index contributed by atoms with van der Waals surface area (Å²) < 4.78 is 12.3. The van der Waals surface area contributed by atoms with Crippen LogP contribution in [0.2, 0.25) is 0 Å². The molecule has 0 spiro atoms. The number of imidazole rings is 1. The van der Waals surface area contributed by atoms with E-state index < -0.39 is 30.0 Å². The molecule has 0 aliphatic carbocycles. The van der Waals surface area contributed by atoms with E-state index in [0.717, 1.165) is 0 Å². The van der Waals surface area contributed by atoms with Crippen LogP contribution in [0.25, 0.3) is 11.2 Å². The molecule has 10 heteroatoms. The molecule has 10 nitrogen and oxygen atoms in total. The largest absolute Gasteiger partial charge is 0.460 e. The lowest BCUT2D eigenvalue weighted by Crippen LogP contribution is -2.29. The number of H-pyrrole nitrogens is 1. The van der Waals surface area contributed by atoms with Crippen LogP contribution in [-0.4, -0.2) is 49.4 Å². The van der Waals surface area contributed by atoms with Crippen LogP contribution in [0, 0.1) is 0 Å². The number of esters is 1. The highest BCUT2D eigenvalue weighted by molar-refractivity contribution is 5.70. The summed E-state index contributed by atoms with van der Waals surface area (Å²) >= 11 is 0. The van der Waals surface area contributed by atoms with E-state index in [4.69, 9.17) is 15.2 Å². The van der Waals surface area contributed by atoms with Crippen molar-refractivity contribution in [1.29, 1.82) is 0 Å². The third-order valence-electron chi connectivity index (χ3n) is 3.44. The molecule has 0 radical (unpaired) electrons. The number of aromatic nitrogens is 4. The summed E-state index contributed by atoms with van der Waals surface area (Å²) in [4.78, 5) is 33.3. The molecule has 118 valence electrons. The van der Waals surface area contributed by atoms with Crippen molar-refractivity contribution in [3.63, 3.8) is 0 Å². The summed E-state index contributed by atoms with van der Waals surface area (Å²) in [5, 5.41) is 9.33. The second-order valence-corrected chi connectivity index (χ2v) is 4.97. The first-order chi connectivity index (χ1) is 10.5. The number of nitrogens with one attached hydrogen (secondary N) is 1. The van der Waals surface area contributed by atoms with Gasteiger partial charge in [-0.1, -0.05) is 0 Å². The van der Waals surface area contributed by atoms with Crippen LogP contribution in [0.15, 0.2) is 11.1 Å². The standard InChI is InChI=1S/C12H15N5O5/c1-5(19)21-6-2-8(22-7(6)3-18)17-4-14-9-10(17)15-12(13)16-11(9)20/h4,6-8,18H,2-3H2,1H3,(H3,13,15,16,20)/t6-,7+,8+/m0/s1. The molecule has 2 aromatic heterocycles. The Morgan fingerprint density at radius 3 is 3.14 bits per heavy atom. The second-order valence-electron chi connectivity index (χ2n) is 4.97. The number of aliphatic hydroxyl groups is 1. The summed E-state index contributed by atoms with van der Waals surface area (Å²) in [6, 6.07) is 0. The van der Waals surface area contributed by atoms with Gasteiger partial charge in [-0.05, 0) is 0 Å². The van der Waals surface area contributed by atoms with Gasteiger partial charge in [-0.2, -0.15) is 4.98 Å². The number of carbonyl (C=O) groups is 1. The predicted molar refractivity (Wildman–Crippen MR) is 73.7 cm³/mol. The second kappa shape index (κ2) is 5.39. The fraction of sp³-hybridized carbons (Fsp3) is 0.500. The van der Waals surface area contributed by atoms with Crippen molar-refractivity contribution in [3.8, 4) is 0 Å². The molecule has 22 heavy (non-hydrogen) atoms. The van der Waals surface area contributed by atoms with Crippen molar-refractivity contribution in [2.45, 2.75) is 31.8 Å². The Kier molecular flexibility index (Phi) is 3.54. The number of carbonyl (C=O) groups excluding carboxylic acids is 1. The van der Waals surface area contributed by atoms with Gasteiger partial charge in [0.2, 0.25) is 5.95 Å². The zero-order chi connectivity index (χ0) is 15.9. The van der Waals surface area contributed by atoms with Crippen LogP contribution in [0.3, 0.4) is 0 Å². The molecule has 0 amide bonds. The fourth-order valence-corrected chi connectivity index (χ4v) is 2.53. The van der Waals surface area contributed by atoms with Crippen LogP contribution in [0.5, 0.6) is 0 Å². The number of nitrogens with zero attached hydrogens (tertiary/aromatic N) is 3. The SMILES string of the molecule is CC(=O)O[C@H]1C[C@H](n2cnc3c(=O)[nH]c(N)nc32)O[C@@H]1CO. The van der Waals surface area contributed by atoms with Gasteiger partial charge in [0, 0.05) is 13.3 Å². The topological polar surface area (TPSA) is 145 Å². The normalized spacial score (nSPS) is 24.7. The van der Waals surface area contributed by atoms with E-state index in [1.54, 1.807) is 0 Å². The zero-order valence-electron chi connectivity index (χ0n) is 11.7. The first-order valence-corrected chi connectivity index (χ1v) is 6.65. The van der Waals surface area contributed by atoms with Gasteiger partial charge in [0.05, 0.1) is 12.9 Å². The van der Waals surface area contributed by atoms with Crippen LogP contribution in [0.4, 0.5) is 5.95 Å². The molecule has 0 saturated carbocycles. The molecule has 3 atom stereocenters. The number of aromatic amines is 1. The van der Waals surface area contributed by atoms with E-state index in [1.807, 2.05) is 0 Å². The number of anilines is 1. The van der Waals surface area contributed by atoms with E-state index in [1.165, 1.54) is 17.8 Å². The fourth-order valence-electron chi connectivity index (χ4n) is 2.53. The number of rotatable bonds is 3. The highest BCUT2D eigenvalue weighted by atomic mass is 16.6. The first-order valence-electron chi connectivity index (χ1n) is 6.65. The van der Waals surface area contributed by atoms with Gasteiger partial charge in [-0.3, -0.25) is 19.1 Å². The lowest BCUT2D eigenvalue weighted by molar-refractivity contribution is -0.150. The predicted octanol–water partition coefficient (Wildman–Crippen LogP) is -1.09. The maximum absolute atomic E-state index is 11.8. The van der Waals surface area contributed by atoms with E-state index in [9.17, 15) is 14.7 Å². The third-order valence-corrected chi connectivity index (χ3v) is 3.44. The minimum atomic E-state index is -0.648. The Morgan fingerprint density at radius 2 is 2.45 bits per heavy atom. The zero-order valence-corrected chi connectivity index (χ0v) is 11.7. The maximum atomic E-state index is 11.8. The van der Waals surface area contributed by atoms with Crippen molar-refractivity contribution in [3.05, 3.63) is 16.7 Å². The summed E-state index contributed by atoms with van der Waals surface area (Å²) in [5.41, 5.74) is 5.49. The van der Waals surface area contributed by atoms with Crippen LogP contribution in [0.1, 0.15) is 19.6 Å². The molecule has 0 unspecified atom stereocenters. The van der Waals surface area contributed by atoms with E-state index in [2.05, 4.69) is 15.0 Å². The Labute approximate surface area is 123 Å². The smallest absolute Gasteiger partial charge is 0.302 e. The van der Waals surface area contributed by atoms with Crippen molar-refractivity contribution in [2.24, 2.45) is 0 Å². The Balaban J connectivity index is 1.95. The molecule has 0 bridgehead atoms. The lowest BCUT2D eigenvalue weighted by atomic mass is 10.2. The van der Waals surface area contributed by atoms with Gasteiger partial charge in [-0.15, -0.1) is 0 Å². The molecule has 1 aliphatic rings. The van der Waals surface area contributed by atoms with Gasteiger partial charge in [0.1, 0.15) is 18.4 Å². The Morgan fingerprint density at radius 1 is 1.68 bits per heavy atom. The summed E-state index contributed by atoms with van der Waals surface area (Å²) in [6.45, 7) is 0.993. The Hall–Kier alpha value is -2.46. The minimum Gasteiger partial charge on any atom is -0.460 e. The van der Waals surface area contributed by atoms with Gasteiger partial charge in [-0.25, -0.2) is 4.98 Å². The van der Waals surface area contributed by atoms with Crippen LogP contribution >= 0.6 is 0 Å². The number of nitrogens with two attached hydrogens (primary N) is 1. The minimum absolute atomic E-state index is 0.0347. The van der Waals surface area contributed by atoms with Gasteiger partial charge in [0.15, 0.2) is 11.2 Å². The van der Waals surface area contributed by atoms with E-state index >= 15 is 0 Å². The summed E-state index contributed by atoms with van der Waals surface area (Å²) in [5.74, 6) is -0.491. The quantitative estimate of drug-likeness (QED) is 0.606. The van der Waals surface area contributed by atoms with Crippen molar-refractivity contribution in [2.75, 3.05) is 12.3 Å². The average molecular weight is 309 g/mol.